The number of ether oxygens (including phenoxy) is 2. The lowest BCUT2D eigenvalue weighted by Gasteiger charge is -2.39. The quantitative estimate of drug-likeness (QED) is 0.208. The molecule has 4 aromatic carbocycles. The van der Waals surface area contributed by atoms with Crippen LogP contribution in [0.4, 0.5) is 0 Å². The van der Waals surface area contributed by atoms with Crippen LogP contribution in [0.5, 0.6) is 23.1 Å². The molecule has 4 aliphatic rings. The van der Waals surface area contributed by atoms with E-state index in [0.717, 1.165) is 39.9 Å². The van der Waals surface area contributed by atoms with E-state index in [0.29, 0.717) is 0 Å². The van der Waals surface area contributed by atoms with E-state index in [1.54, 1.807) is 0 Å². The van der Waals surface area contributed by atoms with Crippen molar-refractivity contribution < 1.29 is 18.6 Å². The lowest BCUT2D eigenvalue weighted by molar-refractivity contribution is -0.966. The van der Waals surface area contributed by atoms with Gasteiger partial charge in [0, 0.05) is 22.6 Å². The van der Waals surface area contributed by atoms with Gasteiger partial charge in [-0.2, -0.15) is 9.13 Å². The number of nitrogens with zero attached hydrogens (tertiary/aromatic N) is 3. The number of hydrogen-bond donors (Lipinski definition) is 0. The van der Waals surface area contributed by atoms with Crippen LogP contribution in [0.25, 0.3) is 49.9 Å². The molecule has 0 radical (unpaired) electrons. The molecule has 7 heterocycles. The largest absolute Gasteiger partial charge is 0.455 e. The van der Waals surface area contributed by atoms with Crippen LogP contribution < -0.4 is 18.6 Å². The fourth-order valence-corrected chi connectivity index (χ4v) is 7.90. The molecule has 0 fully saturated rings. The molecule has 0 saturated carbocycles. The van der Waals surface area contributed by atoms with Crippen LogP contribution in [0, 0.1) is 0 Å². The molecule has 40 heavy (non-hydrogen) atoms. The third kappa shape index (κ3) is 1.88. The summed E-state index contributed by atoms with van der Waals surface area (Å²) in [5, 5.41) is 2.47. The van der Waals surface area contributed by atoms with Crippen molar-refractivity contribution in [2.45, 2.75) is 5.66 Å². The van der Waals surface area contributed by atoms with Gasteiger partial charge in [-0.05, 0) is 59.7 Å². The monoisotopic (exact) mass is 513 g/mol. The van der Waals surface area contributed by atoms with Gasteiger partial charge >= 0.3 is 17.2 Å². The number of hydrogen-bond acceptors (Lipinski definition) is 2. The van der Waals surface area contributed by atoms with Gasteiger partial charge in [0.1, 0.15) is 17.0 Å². The first kappa shape index (κ1) is 19.6. The van der Waals surface area contributed by atoms with Crippen molar-refractivity contribution in [2.75, 3.05) is 0 Å². The van der Waals surface area contributed by atoms with E-state index in [9.17, 15) is 0 Å². The SMILES string of the molecule is c1cc2c3c(c1)Oc1cccc[n+]1C31c3c(ccc4c3-n3c5c(cccc5c5ccc[n+]1c53)-c1ccccc1-4)O2. The molecule has 5 nitrogen and oxygen atoms in total. The molecule has 0 amide bonds. The first-order valence-electron chi connectivity index (χ1n) is 13.6. The highest BCUT2D eigenvalue weighted by molar-refractivity contribution is 6.15. The molecule has 0 bridgehead atoms. The summed E-state index contributed by atoms with van der Waals surface area (Å²) >= 11 is 0. The second-order valence-corrected chi connectivity index (χ2v) is 10.9. The first-order chi connectivity index (χ1) is 19.9. The lowest BCUT2D eigenvalue weighted by Crippen LogP contribution is -2.77. The Labute approximate surface area is 228 Å². The van der Waals surface area contributed by atoms with E-state index in [4.69, 9.17) is 9.47 Å². The van der Waals surface area contributed by atoms with Crippen LogP contribution in [0.15, 0.2) is 116 Å². The Morgan fingerprint density at radius 3 is 2.17 bits per heavy atom. The van der Waals surface area contributed by atoms with Crippen molar-refractivity contribution in [3.05, 3.63) is 127 Å². The van der Waals surface area contributed by atoms with Crippen LogP contribution in [0.2, 0.25) is 0 Å². The summed E-state index contributed by atoms with van der Waals surface area (Å²) in [6.45, 7) is 0. The van der Waals surface area contributed by atoms with E-state index in [1.165, 1.54) is 44.2 Å². The fourth-order valence-electron chi connectivity index (χ4n) is 7.90. The van der Waals surface area contributed by atoms with Gasteiger partial charge in [0.15, 0.2) is 28.8 Å². The summed E-state index contributed by atoms with van der Waals surface area (Å²) in [7, 11) is 0. The Morgan fingerprint density at radius 2 is 1.25 bits per heavy atom. The zero-order chi connectivity index (χ0) is 25.7. The Morgan fingerprint density at radius 1 is 0.525 bits per heavy atom. The summed E-state index contributed by atoms with van der Waals surface area (Å²) in [6, 6.07) is 36.7. The highest BCUT2D eigenvalue weighted by atomic mass is 16.5. The van der Waals surface area contributed by atoms with Crippen LogP contribution in [-0.4, -0.2) is 4.57 Å². The molecule has 0 saturated heterocycles. The number of fused-ring (bicyclic) bond motifs is 5. The minimum Gasteiger partial charge on any atom is -0.455 e. The van der Waals surface area contributed by atoms with Crippen molar-refractivity contribution in [1.82, 2.24) is 4.57 Å². The second kappa shape index (κ2) is 6.24. The van der Waals surface area contributed by atoms with Crippen LogP contribution in [-0.2, 0) is 5.66 Å². The third-order valence-electron chi connectivity index (χ3n) is 9.24. The molecule has 0 N–H and O–H groups in total. The summed E-state index contributed by atoms with van der Waals surface area (Å²) < 4.78 is 20.6. The minimum absolute atomic E-state index is 0.747. The maximum atomic E-state index is 6.76. The van der Waals surface area contributed by atoms with Gasteiger partial charge < -0.3 is 9.47 Å². The Bertz CT molecular complexity index is 2340. The zero-order valence-electron chi connectivity index (χ0n) is 21.1. The summed E-state index contributed by atoms with van der Waals surface area (Å²) in [4.78, 5) is 0. The van der Waals surface area contributed by atoms with Crippen molar-refractivity contribution in [3.8, 4) is 51.1 Å². The molecular weight excluding hydrogens is 494 g/mol. The van der Waals surface area contributed by atoms with Gasteiger partial charge in [-0.1, -0.05) is 42.5 Å². The smallest absolute Gasteiger partial charge is 0.380 e. The minimum atomic E-state index is -0.747. The van der Waals surface area contributed by atoms with Gasteiger partial charge in [-0.25, -0.2) is 0 Å². The first-order valence-corrected chi connectivity index (χ1v) is 13.6. The topological polar surface area (TPSA) is 31.1 Å². The van der Waals surface area contributed by atoms with E-state index in [1.807, 2.05) is 12.1 Å². The lowest BCUT2D eigenvalue weighted by atomic mass is 9.80. The summed E-state index contributed by atoms with van der Waals surface area (Å²) in [5.74, 6) is 3.29. The molecule has 1 unspecified atom stereocenters. The number of benzene rings is 4. The molecule has 4 aliphatic heterocycles. The molecule has 11 rings (SSSR count). The number of para-hydroxylation sites is 1. The van der Waals surface area contributed by atoms with Crippen LogP contribution in [0.3, 0.4) is 0 Å². The predicted molar refractivity (Wildman–Crippen MR) is 150 cm³/mol. The molecule has 184 valence electrons. The highest BCUT2D eigenvalue weighted by Crippen LogP contribution is 2.59. The molecule has 5 heteroatoms. The third-order valence-corrected chi connectivity index (χ3v) is 9.24. The maximum Gasteiger partial charge on any atom is 0.380 e. The van der Waals surface area contributed by atoms with Crippen molar-refractivity contribution in [3.63, 3.8) is 0 Å². The molecule has 1 atom stereocenters. The normalized spacial score (nSPS) is 17.5. The van der Waals surface area contributed by atoms with Crippen molar-refractivity contribution >= 4 is 21.9 Å². The van der Waals surface area contributed by atoms with E-state index in [-0.39, 0.29) is 0 Å². The number of pyridine rings is 2. The molecule has 0 aliphatic carbocycles. The molecule has 1 spiro atoms. The summed E-state index contributed by atoms with van der Waals surface area (Å²) in [5.41, 5.74) is 9.89. The zero-order valence-corrected chi connectivity index (χ0v) is 21.1. The predicted octanol–water partition coefficient (Wildman–Crippen LogP) is 6.83. The Kier molecular flexibility index (Phi) is 3.06. The van der Waals surface area contributed by atoms with Crippen LogP contribution in [0.1, 0.15) is 11.1 Å². The van der Waals surface area contributed by atoms with E-state index in [2.05, 4.69) is 117 Å². The highest BCUT2D eigenvalue weighted by Gasteiger charge is 2.67. The van der Waals surface area contributed by atoms with Gasteiger partial charge in [-0.15, -0.1) is 4.57 Å². The van der Waals surface area contributed by atoms with Crippen LogP contribution >= 0.6 is 0 Å². The van der Waals surface area contributed by atoms with Gasteiger partial charge in [-0.3, -0.25) is 0 Å². The van der Waals surface area contributed by atoms with Gasteiger partial charge in [0.05, 0.1) is 17.6 Å². The van der Waals surface area contributed by atoms with Gasteiger partial charge in [0.25, 0.3) is 0 Å². The van der Waals surface area contributed by atoms with Crippen molar-refractivity contribution in [2.24, 2.45) is 0 Å². The Hall–Kier alpha value is -5.42. The maximum absolute atomic E-state index is 6.76. The van der Waals surface area contributed by atoms with E-state index >= 15 is 0 Å². The fraction of sp³-hybridized carbons (Fsp3) is 0.0286. The number of rotatable bonds is 0. The van der Waals surface area contributed by atoms with Gasteiger partial charge in [0.2, 0.25) is 0 Å². The van der Waals surface area contributed by atoms with E-state index < -0.39 is 5.66 Å². The number of aromatic nitrogens is 3. The molecular formula is C35H19N3O2+2. The standard InChI is InChI=1S/C35H19N3O2/c1-2-9-21-20(8-1)22-10-5-11-23-25-12-7-19-37-34(25)38(32(22)23)33-24(21)16-17-28-31(33)35(37)30-26(39-28)13-6-14-27(30)40-29-15-3-4-18-36(29)35/h1-19H/q+2. The Balaban J connectivity index is 1.51. The summed E-state index contributed by atoms with van der Waals surface area (Å²) in [6.07, 6.45) is 4.37. The average molecular weight is 514 g/mol. The molecule has 7 aromatic rings. The average Bonchev–Trinajstić information content (AvgIpc) is 3.28. The van der Waals surface area contributed by atoms with Crippen molar-refractivity contribution in [1.29, 1.82) is 0 Å². The molecule has 3 aromatic heterocycles. The second-order valence-electron chi connectivity index (χ2n) is 10.9.